The van der Waals surface area contributed by atoms with Gasteiger partial charge in [0.15, 0.2) is 5.13 Å². The number of carbonyl (C=O) groups excluding carboxylic acids is 3. The number of amides is 1. The van der Waals surface area contributed by atoms with Crippen molar-refractivity contribution in [3.05, 3.63) is 77.7 Å². The van der Waals surface area contributed by atoms with Crippen LogP contribution < -0.4 is 10.6 Å². The smallest absolute Gasteiger partial charge is 0.253 e. The first-order valence-electron chi connectivity index (χ1n) is 13.3. The Hall–Kier alpha value is -4.05. The van der Waals surface area contributed by atoms with Crippen LogP contribution in [0.4, 0.5) is 5.13 Å². The van der Waals surface area contributed by atoms with Crippen molar-refractivity contribution in [2.75, 3.05) is 18.9 Å². The maximum Gasteiger partial charge on any atom is 0.253 e. The summed E-state index contributed by atoms with van der Waals surface area (Å²) < 4.78 is 1.77. The van der Waals surface area contributed by atoms with Crippen LogP contribution in [0.3, 0.4) is 0 Å². The molecular weight excluding hydrogens is 521 g/mol. The van der Waals surface area contributed by atoms with Crippen molar-refractivity contribution in [3.8, 4) is 22.4 Å². The highest BCUT2D eigenvalue weighted by Crippen LogP contribution is 2.29. The molecule has 0 spiro atoms. The van der Waals surface area contributed by atoms with Gasteiger partial charge in [0, 0.05) is 42.5 Å². The molecule has 209 valence electrons. The summed E-state index contributed by atoms with van der Waals surface area (Å²) >= 11 is 1.60. The van der Waals surface area contributed by atoms with Crippen molar-refractivity contribution >= 4 is 41.9 Å². The van der Waals surface area contributed by atoms with Crippen LogP contribution in [0.25, 0.3) is 22.4 Å². The average Bonchev–Trinajstić information content (AvgIpc) is 3.68. The molecule has 0 aliphatic carbocycles. The Kier molecular flexibility index (Phi) is 14.1. The number of aryl methyl sites for hydroxylation is 1. The first-order chi connectivity index (χ1) is 19.4. The Morgan fingerprint density at radius 2 is 1.85 bits per heavy atom. The summed E-state index contributed by atoms with van der Waals surface area (Å²) in [6, 6.07) is 14.2. The highest BCUT2D eigenvalue weighted by Gasteiger charge is 2.07. The number of ketones is 1. The topological polar surface area (TPSA) is 106 Å². The minimum atomic E-state index is -0.229. The molecule has 0 aliphatic rings. The van der Waals surface area contributed by atoms with E-state index in [1.54, 1.807) is 41.2 Å². The van der Waals surface area contributed by atoms with Crippen LogP contribution >= 0.6 is 11.3 Å². The summed E-state index contributed by atoms with van der Waals surface area (Å²) in [7, 11) is 3.71. The number of anilines is 1. The van der Waals surface area contributed by atoms with Crippen molar-refractivity contribution in [2.24, 2.45) is 0 Å². The van der Waals surface area contributed by atoms with Gasteiger partial charge in [0.25, 0.3) is 5.91 Å². The van der Waals surface area contributed by atoms with Crippen LogP contribution in [-0.4, -0.2) is 53.4 Å². The molecule has 4 aromatic rings. The molecule has 0 unspecified atom stereocenters. The lowest BCUT2D eigenvalue weighted by Gasteiger charge is -2.06. The summed E-state index contributed by atoms with van der Waals surface area (Å²) in [5, 5.41) is 8.50. The lowest BCUT2D eigenvalue weighted by Crippen LogP contribution is -2.24. The molecule has 8 nitrogen and oxygen atoms in total. The molecule has 2 N–H and O–H groups in total. The molecule has 3 heterocycles. The van der Waals surface area contributed by atoms with Crippen LogP contribution in [0.15, 0.2) is 66.4 Å². The molecule has 4 rings (SSSR count). The highest BCUT2D eigenvalue weighted by atomic mass is 32.1. The molecule has 0 atom stereocenters. The van der Waals surface area contributed by atoms with Gasteiger partial charge in [0.1, 0.15) is 12.1 Å². The Balaban J connectivity index is 0.000000315. The molecule has 0 bridgehead atoms. The predicted molar refractivity (Wildman–Crippen MR) is 165 cm³/mol. The summed E-state index contributed by atoms with van der Waals surface area (Å²) in [4.78, 5) is 41.3. The molecule has 0 saturated carbocycles. The SMILES string of the molecule is CC.CNc1nc(-c2cccc(-c3ccnc(CCCC(C)=O)c3)c2)cs1.C[B]n1ccc(C(=O)NCC=O)c1. The van der Waals surface area contributed by atoms with E-state index in [-0.39, 0.29) is 18.2 Å². The maximum absolute atomic E-state index is 11.2. The summed E-state index contributed by atoms with van der Waals surface area (Å²) in [6.07, 6.45) is 8.24. The zero-order valence-corrected chi connectivity index (χ0v) is 24.6. The van der Waals surface area contributed by atoms with Gasteiger partial charge in [-0.15, -0.1) is 11.3 Å². The molecular formula is C30H37BN5O3S. The van der Waals surface area contributed by atoms with E-state index < -0.39 is 0 Å². The highest BCUT2D eigenvalue weighted by molar-refractivity contribution is 7.14. The lowest BCUT2D eigenvalue weighted by molar-refractivity contribution is -0.117. The van der Waals surface area contributed by atoms with Crippen LogP contribution in [0.2, 0.25) is 6.82 Å². The van der Waals surface area contributed by atoms with E-state index in [0.29, 0.717) is 18.3 Å². The number of aldehydes is 1. The van der Waals surface area contributed by atoms with Gasteiger partial charge in [0.2, 0.25) is 7.41 Å². The number of thiazole rings is 1. The van der Waals surface area contributed by atoms with Crippen molar-refractivity contribution in [1.29, 1.82) is 0 Å². The zero-order chi connectivity index (χ0) is 29.3. The van der Waals surface area contributed by atoms with Crippen LogP contribution in [0.1, 0.15) is 49.7 Å². The number of nitrogens with zero attached hydrogens (tertiary/aromatic N) is 3. The molecule has 0 aliphatic heterocycles. The van der Waals surface area contributed by atoms with E-state index in [1.807, 2.05) is 47.4 Å². The Bertz CT molecular complexity index is 1370. The largest absolute Gasteiger partial charge is 0.402 e. The number of carbonyl (C=O) groups is 3. The molecule has 0 saturated heterocycles. The summed E-state index contributed by atoms with van der Waals surface area (Å²) in [5.74, 6) is 0.000701. The number of hydrogen-bond acceptors (Lipinski definition) is 7. The number of rotatable bonds is 11. The molecule has 0 fully saturated rings. The third-order valence-electron chi connectivity index (χ3n) is 5.61. The van der Waals surface area contributed by atoms with E-state index in [0.717, 1.165) is 46.1 Å². The van der Waals surface area contributed by atoms with Gasteiger partial charge in [-0.1, -0.05) is 38.9 Å². The average molecular weight is 559 g/mol. The zero-order valence-electron chi connectivity index (χ0n) is 23.8. The van der Waals surface area contributed by atoms with Gasteiger partial charge in [0.05, 0.1) is 17.8 Å². The van der Waals surface area contributed by atoms with E-state index in [9.17, 15) is 14.4 Å². The Labute approximate surface area is 241 Å². The van der Waals surface area contributed by atoms with Gasteiger partial charge in [-0.2, -0.15) is 0 Å². The fraction of sp³-hybridized carbons (Fsp3) is 0.300. The quantitative estimate of drug-likeness (QED) is 0.179. The van der Waals surface area contributed by atoms with E-state index in [4.69, 9.17) is 0 Å². The van der Waals surface area contributed by atoms with Gasteiger partial charge in [-0.25, -0.2) is 4.98 Å². The monoisotopic (exact) mass is 558 g/mol. The van der Waals surface area contributed by atoms with Crippen molar-refractivity contribution in [2.45, 2.75) is 46.9 Å². The van der Waals surface area contributed by atoms with Gasteiger partial charge >= 0.3 is 0 Å². The molecule has 10 heteroatoms. The maximum atomic E-state index is 11.2. The van der Waals surface area contributed by atoms with Crippen molar-refractivity contribution in [3.63, 3.8) is 0 Å². The van der Waals surface area contributed by atoms with Crippen molar-refractivity contribution in [1.82, 2.24) is 19.8 Å². The Morgan fingerprint density at radius 3 is 2.50 bits per heavy atom. The van der Waals surface area contributed by atoms with E-state index in [2.05, 4.69) is 56.3 Å². The first kappa shape index (κ1) is 32.2. The van der Waals surface area contributed by atoms with E-state index in [1.165, 1.54) is 0 Å². The first-order valence-corrected chi connectivity index (χ1v) is 14.2. The second-order valence-corrected chi connectivity index (χ2v) is 9.30. The molecule has 1 radical (unpaired) electrons. The van der Waals surface area contributed by atoms with Crippen molar-refractivity contribution < 1.29 is 14.4 Å². The number of benzene rings is 1. The number of aromatic nitrogens is 3. The molecule has 3 aromatic heterocycles. The second-order valence-electron chi connectivity index (χ2n) is 8.44. The van der Waals surface area contributed by atoms with Crippen LogP contribution in [-0.2, 0) is 16.0 Å². The van der Waals surface area contributed by atoms with Gasteiger partial charge < -0.3 is 24.7 Å². The molecule has 1 aromatic carbocycles. The minimum Gasteiger partial charge on any atom is -0.402 e. The fourth-order valence-electron chi connectivity index (χ4n) is 3.64. The van der Waals surface area contributed by atoms with Crippen LogP contribution in [0, 0.1) is 0 Å². The molecule has 1 amide bonds. The second kappa shape index (κ2) is 17.5. The standard InChI is InChI=1S/C20H21N3OS.C8H10BN2O2.C2H6/c1-14(24)5-3-8-18-12-16(9-10-22-18)15-6-4-7-17(11-15)19-13-25-20(21-2)23-19;1-9-11-4-2-7(6-11)8(13)10-3-5-12;1-2/h4,6-7,9-13H,3,5,8H2,1-2H3,(H,21,23);2,4-6H,3H2,1H3,(H,10,13);1-2H3. The van der Waals surface area contributed by atoms with Crippen LogP contribution in [0.5, 0.6) is 0 Å². The summed E-state index contributed by atoms with van der Waals surface area (Å²) in [5.41, 5.74) is 5.94. The third-order valence-corrected chi connectivity index (χ3v) is 6.47. The normalized spacial score (nSPS) is 9.82. The number of pyridine rings is 1. The third kappa shape index (κ3) is 10.3. The Morgan fingerprint density at radius 1 is 1.10 bits per heavy atom. The van der Waals surface area contributed by atoms with Gasteiger partial charge in [-0.3, -0.25) is 9.78 Å². The molecule has 40 heavy (non-hydrogen) atoms. The number of Topliss-reactive ketones (excluding diaryl/α,β-unsaturated/α-hetero) is 1. The number of hydrogen-bond donors (Lipinski definition) is 2. The number of nitrogens with one attached hydrogen (secondary N) is 2. The minimum absolute atomic E-state index is 0.0554. The van der Waals surface area contributed by atoms with E-state index >= 15 is 0 Å². The lowest BCUT2D eigenvalue weighted by atomic mass is 10.0. The fourth-order valence-corrected chi connectivity index (χ4v) is 4.32. The predicted octanol–water partition coefficient (Wildman–Crippen LogP) is 5.78. The summed E-state index contributed by atoms with van der Waals surface area (Å²) in [6.45, 7) is 7.56. The van der Waals surface area contributed by atoms with Gasteiger partial charge in [-0.05, 0) is 61.4 Å².